The number of amides is 1. The maximum Gasteiger partial charge on any atom is 0.246 e. The molecule has 4 aromatic rings. The van der Waals surface area contributed by atoms with E-state index in [1.807, 2.05) is 98.2 Å². The van der Waals surface area contributed by atoms with Gasteiger partial charge in [-0.05, 0) is 44.4 Å². The summed E-state index contributed by atoms with van der Waals surface area (Å²) in [4.78, 5) is 12.9. The van der Waals surface area contributed by atoms with Crippen LogP contribution >= 0.6 is 0 Å². The molecule has 0 unspecified atom stereocenters. The Morgan fingerprint density at radius 2 is 1.62 bits per heavy atom. The molecule has 0 fully saturated rings. The number of hydrogen-bond donors (Lipinski definition) is 2. The number of benzene rings is 3. The van der Waals surface area contributed by atoms with Crippen molar-refractivity contribution in [2.75, 3.05) is 10.6 Å². The minimum absolute atomic E-state index is 0.0902. The smallest absolute Gasteiger partial charge is 0.246 e. The van der Waals surface area contributed by atoms with Gasteiger partial charge in [-0.1, -0.05) is 54.6 Å². The van der Waals surface area contributed by atoms with E-state index in [2.05, 4.69) is 15.7 Å². The van der Waals surface area contributed by atoms with Gasteiger partial charge in [-0.15, -0.1) is 0 Å². The highest BCUT2D eigenvalue weighted by Gasteiger charge is 2.19. The van der Waals surface area contributed by atoms with Crippen LogP contribution < -0.4 is 10.6 Å². The maximum absolute atomic E-state index is 12.9. The highest BCUT2D eigenvalue weighted by molar-refractivity contribution is 6.04. The second kappa shape index (κ2) is 7.80. The summed E-state index contributed by atoms with van der Waals surface area (Å²) in [6.07, 6.45) is 0. The normalized spacial score (nSPS) is 12.0. The van der Waals surface area contributed by atoms with E-state index in [0.29, 0.717) is 0 Å². The van der Waals surface area contributed by atoms with Gasteiger partial charge in [0.05, 0.1) is 22.8 Å². The number of nitrogens with zero attached hydrogens (tertiary/aromatic N) is 2. The highest BCUT2D eigenvalue weighted by Crippen LogP contribution is 2.25. The van der Waals surface area contributed by atoms with Crippen LogP contribution in [-0.2, 0) is 4.79 Å². The van der Waals surface area contributed by atoms with Crippen molar-refractivity contribution in [3.05, 3.63) is 84.2 Å². The molecule has 146 valence electrons. The second-order valence-electron chi connectivity index (χ2n) is 7.18. The van der Waals surface area contributed by atoms with Crippen LogP contribution in [0.5, 0.6) is 0 Å². The number of anilines is 2. The van der Waals surface area contributed by atoms with Gasteiger partial charge in [0, 0.05) is 11.1 Å². The molecule has 4 rings (SSSR count). The summed E-state index contributed by atoms with van der Waals surface area (Å²) in [5.74, 6) is -0.0902. The van der Waals surface area contributed by atoms with Gasteiger partial charge >= 0.3 is 0 Å². The molecule has 0 aliphatic carbocycles. The molecule has 0 radical (unpaired) electrons. The van der Waals surface area contributed by atoms with Crippen LogP contribution in [0.1, 0.15) is 18.3 Å². The summed E-state index contributed by atoms with van der Waals surface area (Å²) in [7, 11) is 0. The number of fused-ring (bicyclic) bond motifs is 1. The molecule has 0 saturated carbocycles. The van der Waals surface area contributed by atoms with Crippen molar-refractivity contribution in [2.24, 2.45) is 0 Å². The number of aryl methyl sites for hydroxylation is 1. The lowest BCUT2D eigenvalue weighted by Crippen LogP contribution is -2.32. The summed E-state index contributed by atoms with van der Waals surface area (Å²) in [5, 5.41) is 13.2. The van der Waals surface area contributed by atoms with Gasteiger partial charge in [-0.2, -0.15) is 5.10 Å². The zero-order chi connectivity index (χ0) is 20.4. The van der Waals surface area contributed by atoms with Crippen LogP contribution in [0.3, 0.4) is 0 Å². The largest absolute Gasteiger partial charge is 0.371 e. The zero-order valence-electron chi connectivity index (χ0n) is 16.8. The summed E-state index contributed by atoms with van der Waals surface area (Å²) in [6.45, 7) is 5.81. The van der Waals surface area contributed by atoms with E-state index in [-0.39, 0.29) is 5.91 Å². The lowest BCUT2D eigenvalue weighted by molar-refractivity contribution is -0.116. The summed E-state index contributed by atoms with van der Waals surface area (Å²) >= 11 is 0. The number of para-hydroxylation sites is 1. The average Bonchev–Trinajstić information content (AvgIpc) is 3.03. The Bertz CT molecular complexity index is 1160. The molecule has 1 aromatic heterocycles. The average molecular weight is 384 g/mol. The molecule has 0 bridgehead atoms. The molecular weight excluding hydrogens is 360 g/mol. The fourth-order valence-electron chi connectivity index (χ4n) is 3.53. The third-order valence-corrected chi connectivity index (χ3v) is 5.09. The van der Waals surface area contributed by atoms with Gasteiger partial charge in [0.2, 0.25) is 5.91 Å². The van der Waals surface area contributed by atoms with Crippen molar-refractivity contribution in [3.8, 4) is 5.69 Å². The Balaban J connectivity index is 1.54. The van der Waals surface area contributed by atoms with Gasteiger partial charge in [-0.3, -0.25) is 4.79 Å². The molecule has 29 heavy (non-hydrogen) atoms. The third kappa shape index (κ3) is 3.72. The molecule has 0 spiro atoms. The van der Waals surface area contributed by atoms with E-state index in [1.165, 1.54) is 0 Å². The van der Waals surface area contributed by atoms with Crippen LogP contribution in [0.4, 0.5) is 11.4 Å². The fraction of sp³-hybridized carbons (Fsp3) is 0.167. The zero-order valence-corrected chi connectivity index (χ0v) is 16.8. The predicted octanol–water partition coefficient (Wildman–Crippen LogP) is 5.08. The van der Waals surface area contributed by atoms with E-state index < -0.39 is 6.04 Å². The van der Waals surface area contributed by atoms with Gasteiger partial charge in [0.1, 0.15) is 6.04 Å². The Kier molecular flexibility index (Phi) is 5.04. The number of rotatable bonds is 5. The SMILES string of the molecule is Cc1nn(-c2ccccc2)c(C)c1N[C@H](C)C(=O)Nc1cccc2ccccc12. The monoisotopic (exact) mass is 384 g/mol. The Morgan fingerprint density at radius 1 is 0.931 bits per heavy atom. The van der Waals surface area contributed by atoms with E-state index >= 15 is 0 Å². The molecule has 0 aliphatic heterocycles. The summed E-state index contributed by atoms with van der Waals surface area (Å²) < 4.78 is 1.90. The summed E-state index contributed by atoms with van der Waals surface area (Å²) in [5.41, 5.74) is 4.52. The minimum Gasteiger partial charge on any atom is -0.371 e. The first-order chi connectivity index (χ1) is 14.0. The molecule has 2 N–H and O–H groups in total. The van der Waals surface area contributed by atoms with Crippen LogP contribution in [0.2, 0.25) is 0 Å². The maximum atomic E-state index is 12.9. The molecule has 5 heteroatoms. The number of hydrogen-bond acceptors (Lipinski definition) is 3. The van der Waals surface area contributed by atoms with Crippen molar-refractivity contribution in [1.29, 1.82) is 0 Å². The Hall–Kier alpha value is -3.60. The number of carbonyl (C=O) groups excluding carboxylic acids is 1. The Labute approximate surface area is 170 Å². The molecule has 3 aromatic carbocycles. The molecule has 0 aliphatic rings. The van der Waals surface area contributed by atoms with Crippen molar-refractivity contribution < 1.29 is 4.79 Å². The van der Waals surface area contributed by atoms with Crippen molar-refractivity contribution >= 4 is 28.1 Å². The van der Waals surface area contributed by atoms with Crippen LogP contribution in [0.15, 0.2) is 72.8 Å². The van der Waals surface area contributed by atoms with Gasteiger partial charge in [0.25, 0.3) is 0 Å². The molecule has 0 saturated heterocycles. The van der Waals surface area contributed by atoms with E-state index in [4.69, 9.17) is 0 Å². The molecular formula is C24H24N4O. The number of nitrogens with one attached hydrogen (secondary N) is 2. The van der Waals surface area contributed by atoms with Gasteiger partial charge < -0.3 is 10.6 Å². The lowest BCUT2D eigenvalue weighted by Gasteiger charge is -2.17. The van der Waals surface area contributed by atoms with E-state index in [1.54, 1.807) is 0 Å². The van der Waals surface area contributed by atoms with Gasteiger partial charge in [-0.25, -0.2) is 4.68 Å². The number of aromatic nitrogens is 2. The highest BCUT2D eigenvalue weighted by atomic mass is 16.2. The standard InChI is InChI=1S/C24H24N4O/c1-16-23(18(3)28(27-16)20-12-5-4-6-13-20)25-17(2)24(29)26-22-15-9-11-19-10-7-8-14-21(19)22/h4-15,17,25H,1-3H3,(H,26,29)/t17-/m1/s1. The molecule has 1 amide bonds. The van der Waals surface area contributed by atoms with Crippen molar-refractivity contribution in [1.82, 2.24) is 9.78 Å². The quantitative estimate of drug-likeness (QED) is 0.504. The van der Waals surface area contributed by atoms with Gasteiger partial charge in [0.15, 0.2) is 0 Å². The van der Waals surface area contributed by atoms with E-state index in [0.717, 1.165) is 39.2 Å². The molecule has 1 atom stereocenters. The van der Waals surface area contributed by atoms with Crippen LogP contribution in [0.25, 0.3) is 16.5 Å². The first kappa shape index (κ1) is 18.7. The van der Waals surface area contributed by atoms with Crippen molar-refractivity contribution in [3.63, 3.8) is 0 Å². The minimum atomic E-state index is -0.417. The fourth-order valence-corrected chi connectivity index (χ4v) is 3.53. The van der Waals surface area contributed by atoms with Crippen molar-refractivity contribution in [2.45, 2.75) is 26.8 Å². The Morgan fingerprint density at radius 3 is 2.41 bits per heavy atom. The third-order valence-electron chi connectivity index (χ3n) is 5.09. The first-order valence-corrected chi connectivity index (χ1v) is 9.71. The first-order valence-electron chi connectivity index (χ1n) is 9.71. The topological polar surface area (TPSA) is 59.0 Å². The summed E-state index contributed by atoms with van der Waals surface area (Å²) in [6, 6.07) is 23.5. The predicted molar refractivity (Wildman–Crippen MR) is 119 cm³/mol. The van der Waals surface area contributed by atoms with E-state index in [9.17, 15) is 4.79 Å². The second-order valence-corrected chi connectivity index (χ2v) is 7.18. The molecule has 1 heterocycles. The van der Waals surface area contributed by atoms with Crippen LogP contribution in [-0.4, -0.2) is 21.7 Å². The lowest BCUT2D eigenvalue weighted by atomic mass is 10.1. The van der Waals surface area contributed by atoms with Crippen LogP contribution in [0, 0.1) is 13.8 Å². The number of carbonyl (C=O) groups is 1. The molecule has 5 nitrogen and oxygen atoms in total.